The lowest BCUT2D eigenvalue weighted by Crippen LogP contribution is -2.41. The number of carbonyl (C=O) groups excluding carboxylic acids is 2. The van der Waals surface area contributed by atoms with Gasteiger partial charge in [-0.25, -0.2) is 4.98 Å². The summed E-state index contributed by atoms with van der Waals surface area (Å²) in [6.07, 6.45) is 5.34. The molecule has 2 N–H and O–H groups in total. The van der Waals surface area contributed by atoms with Crippen molar-refractivity contribution in [1.82, 2.24) is 20.4 Å². The molecule has 0 aliphatic rings. The van der Waals surface area contributed by atoms with E-state index >= 15 is 0 Å². The Morgan fingerprint density at radius 3 is 2.71 bits per heavy atom. The van der Waals surface area contributed by atoms with Crippen LogP contribution < -0.4 is 10.9 Å². The lowest BCUT2D eigenvalue weighted by molar-refractivity contribution is -0.117. The number of hydrogen-bond acceptors (Lipinski definition) is 4. The maximum atomic E-state index is 12.3. The third-order valence-electron chi connectivity index (χ3n) is 4.83. The molecule has 0 bridgehead atoms. The first-order valence-electron chi connectivity index (χ1n) is 9.75. The van der Waals surface area contributed by atoms with E-state index in [4.69, 9.17) is 5.26 Å². The number of benzene rings is 2. The number of hydrogen-bond donors (Lipinski definition) is 2. The van der Waals surface area contributed by atoms with Crippen LogP contribution in [0.3, 0.4) is 0 Å². The Hall–Kier alpha value is -4.44. The first kappa shape index (κ1) is 19.9. The molecular formula is C24H19N5O2. The molecule has 2 heterocycles. The van der Waals surface area contributed by atoms with E-state index in [9.17, 15) is 9.59 Å². The summed E-state index contributed by atoms with van der Waals surface area (Å²) in [6.45, 7) is 0.575. The van der Waals surface area contributed by atoms with Crippen molar-refractivity contribution in [3.8, 4) is 6.07 Å². The van der Waals surface area contributed by atoms with E-state index in [2.05, 4.69) is 21.9 Å². The van der Waals surface area contributed by atoms with Gasteiger partial charge in [-0.05, 0) is 24.3 Å². The van der Waals surface area contributed by atoms with Gasteiger partial charge in [-0.15, -0.1) is 0 Å². The number of para-hydroxylation sites is 2. The van der Waals surface area contributed by atoms with Gasteiger partial charge in [0.2, 0.25) is 0 Å². The molecule has 0 unspecified atom stereocenters. The highest BCUT2D eigenvalue weighted by Crippen LogP contribution is 2.22. The SMILES string of the molecule is N#CCCn1cc(/C=C/C(=O)NNC(=O)c2ccc3ccccc3n2)c2ccccc21. The number of nitriles is 1. The summed E-state index contributed by atoms with van der Waals surface area (Å²) in [4.78, 5) is 28.8. The molecule has 0 aliphatic heterocycles. The van der Waals surface area contributed by atoms with Crippen LogP contribution in [0.5, 0.6) is 0 Å². The second-order valence-electron chi connectivity index (χ2n) is 6.87. The van der Waals surface area contributed by atoms with Crippen LogP contribution >= 0.6 is 0 Å². The fourth-order valence-corrected chi connectivity index (χ4v) is 3.35. The molecule has 31 heavy (non-hydrogen) atoms. The first-order valence-corrected chi connectivity index (χ1v) is 9.75. The average Bonchev–Trinajstić information content (AvgIpc) is 3.17. The van der Waals surface area contributed by atoms with Gasteiger partial charge in [0, 0.05) is 40.7 Å². The molecule has 0 saturated heterocycles. The van der Waals surface area contributed by atoms with E-state index in [1.807, 2.05) is 59.3 Å². The number of amides is 2. The number of nitrogens with zero attached hydrogens (tertiary/aromatic N) is 3. The van der Waals surface area contributed by atoms with Gasteiger partial charge >= 0.3 is 0 Å². The molecule has 2 amide bonds. The molecule has 4 aromatic rings. The number of hydrazine groups is 1. The second-order valence-corrected chi connectivity index (χ2v) is 6.87. The van der Waals surface area contributed by atoms with Gasteiger partial charge < -0.3 is 4.57 Å². The maximum Gasteiger partial charge on any atom is 0.288 e. The average molecular weight is 409 g/mol. The number of aromatic nitrogens is 2. The molecule has 2 aromatic heterocycles. The summed E-state index contributed by atoms with van der Waals surface area (Å²) in [5.74, 6) is -0.969. The molecule has 0 radical (unpaired) electrons. The Bertz CT molecular complexity index is 1350. The third kappa shape index (κ3) is 4.43. The van der Waals surface area contributed by atoms with Crippen LogP contribution in [0.25, 0.3) is 27.9 Å². The van der Waals surface area contributed by atoms with Gasteiger partial charge in [0.1, 0.15) is 5.69 Å². The Kier molecular flexibility index (Phi) is 5.72. The zero-order chi connectivity index (χ0) is 21.6. The molecule has 4 rings (SSSR count). The standard InChI is InChI=1S/C24H19N5O2/c25-14-5-15-29-16-18(19-7-2-4-9-22(19)29)11-13-23(30)27-28-24(31)21-12-10-17-6-1-3-8-20(17)26-21/h1-4,6-13,16H,5,15H2,(H,27,30)(H,28,31)/b13-11+. The van der Waals surface area contributed by atoms with Crippen molar-refractivity contribution in [2.24, 2.45) is 0 Å². The molecule has 0 fully saturated rings. The third-order valence-corrected chi connectivity index (χ3v) is 4.83. The Balaban J connectivity index is 1.42. The van der Waals surface area contributed by atoms with Gasteiger partial charge in [0.15, 0.2) is 0 Å². The summed E-state index contributed by atoms with van der Waals surface area (Å²) in [5.41, 5.74) is 7.51. The zero-order valence-corrected chi connectivity index (χ0v) is 16.6. The first-order chi connectivity index (χ1) is 15.2. The van der Waals surface area contributed by atoms with Crippen molar-refractivity contribution in [2.75, 3.05) is 0 Å². The van der Waals surface area contributed by atoms with Crippen LogP contribution in [0.15, 0.2) is 72.9 Å². The van der Waals surface area contributed by atoms with Crippen LogP contribution in [0, 0.1) is 11.3 Å². The summed E-state index contributed by atoms with van der Waals surface area (Å²) in [6, 6.07) is 20.8. The zero-order valence-electron chi connectivity index (χ0n) is 16.6. The van der Waals surface area contributed by atoms with E-state index in [0.29, 0.717) is 18.5 Å². The van der Waals surface area contributed by atoms with Crippen LogP contribution in [0.1, 0.15) is 22.5 Å². The van der Waals surface area contributed by atoms with E-state index in [1.54, 1.807) is 18.2 Å². The molecule has 0 atom stereocenters. The minimum Gasteiger partial charge on any atom is -0.346 e. The summed E-state index contributed by atoms with van der Waals surface area (Å²) in [7, 11) is 0. The maximum absolute atomic E-state index is 12.3. The number of carbonyl (C=O) groups is 2. The molecule has 0 spiro atoms. The predicted molar refractivity (Wildman–Crippen MR) is 119 cm³/mol. The summed E-state index contributed by atoms with van der Waals surface area (Å²) < 4.78 is 1.99. The van der Waals surface area contributed by atoms with Crippen molar-refractivity contribution >= 4 is 39.7 Å². The topological polar surface area (TPSA) is 99.8 Å². The molecule has 7 heteroatoms. The molecule has 152 valence electrons. The molecular weight excluding hydrogens is 390 g/mol. The second kappa shape index (κ2) is 8.93. The molecule has 7 nitrogen and oxygen atoms in total. The number of pyridine rings is 1. The van der Waals surface area contributed by atoms with Crippen molar-refractivity contribution in [3.63, 3.8) is 0 Å². The van der Waals surface area contributed by atoms with Crippen molar-refractivity contribution in [3.05, 3.63) is 84.2 Å². The Morgan fingerprint density at radius 2 is 1.84 bits per heavy atom. The highest BCUT2D eigenvalue weighted by Gasteiger charge is 2.09. The minimum atomic E-state index is -0.499. The smallest absolute Gasteiger partial charge is 0.288 e. The largest absolute Gasteiger partial charge is 0.346 e. The fraction of sp³-hybridized carbons (Fsp3) is 0.0833. The van der Waals surface area contributed by atoms with Crippen LogP contribution in [0.2, 0.25) is 0 Å². The Labute approximate surface area is 178 Å². The summed E-state index contributed by atoms with van der Waals surface area (Å²) >= 11 is 0. The number of aryl methyl sites for hydroxylation is 1. The predicted octanol–water partition coefficient (Wildman–Crippen LogP) is 3.58. The van der Waals surface area contributed by atoms with Gasteiger partial charge in [-0.2, -0.15) is 5.26 Å². The van der Waals surface area contributed by atoms with E-state index < -0.39 is 11.8 Å². The summed E-state index contributed by atoms with van der Waals surface area (Å²) in [5, 5.41) is 10.8. The monoisotopic (exact) mass is 409 g/mol. The highest BCUT2D eigenvalue weighted by atomic mass is 16.2. The van der Waals surface area contributed by atoms with Gasteiger partial charge in [0.25, 0.3) is 11.8 Å². The van der Waals surface area contributed by atoms with Gasteiger partial charge in [-0.3, -0.25) is 20.4 Å². The van der Waals surface area contributed by atoms with E-state index in [0.717, 1.165) is 21.9 Å². The fourth-order valence-electron chi connectivity index (χ4n) is 3.35. The number of fused-ring (bicyclic) bond motifs is 2. The van der Waals surface area contributed by atoms with E-state index in [-0.39, 0.29) is 5.69 Å². The van der Waals surface area contributed by atoms with Crippen molar-refractivity contribution in [2.45, 2.75) is 13.0 Å². The van der Waals surface area contributed by atoms with Gasteiger partial charge in [-0.1, -0.05) is 42.5 Å². The van der Waals surface area contributed by atoms with Crippen LogP contribution in [0.4, 0.5) is 0 Å². The van der Waals surface area contributed by atoms with E-state index in [1.165, 1.54) is 6.08 Å². The normalized spacial score (nSPS) is 10.9. The minimum absolute atomic E-state index is 0.212. The number of rotatable bonds is 5. The lowest BCUT2D eigenvalue weighted by atomic mass is 10.1. The quantitative estimate of drug-likeness (QED) is 0.389. The molecule has 2 aromatic carbocycles. The van der Waals surface area contributed by atoms with Gasteiger partial charge in [0.05, 0.1) is 18.0 Å². The Morgan fingerprint density at radius 1 is 1.03 bits per heavy atom. The van der Waals surface area contributed by atoms with Crippen LogP contribution in [-0.2, 0) is 11.3 Å². The van der Waals surface area contributed by atoms with Crippen LogP contribution in [-0.4, -0.2) is 21.4 Å². The van der Waals surface area contributed by atoms with Crippen molar-refractivity contribution < 1.29 is 9.59 Å². The molecule has 0 saturated carbocycles. The number of nitrogens with one attached hydrogen (secondary N) is 2. The molecule has 0 aliphatic carbocycles. The highest BCUT2D eigenvalue weighted by molar-refractivity contribution is 5.99. The lowest BCUT2D eigenvalue weighted by Gasteiger charge is -2.05. The van der Waals surface area contributed by atoms with Crippen molar-refractivity contribution in [1.29, 1.82) is 5.26 Å².